The van der Waals surface area contributed by atoms with Gasteiger partial charge in [0, 0.05) is 25.2 Å². The number of carbonyl (C=O) groups excluding carboxylic acids is 1. The highest BCUT2D eigenvalue weighted by atomic mass is 35.5. The van der Waals surface area contributed by atoms with E-state index in [1.165, 1.54) is 6.42 Å². The van der Waals surface area contributed by atoms with E-state index in [1.54, 1.807) is 0 Å². The van der Waals surface area contributed by atoms with Crippen LogP contribution in [0.4, 0.5) is 0 Å². The quantitative estimate of drug-likeness (QED) is 0.921. The molecule has 3 rings (SSSR count). The molecule has 1 aromatic rings. The van der Waals surface area contributed by atoms with Crippen LogP contribution in [0, 0.1) is 12.3 Å². The summed E-state index contributed by atoms with van der Waals surface area (Å²) in [6.07, 6.45) is 3.50. The Kier molecular flexibility index (Phi) is 5.93. The molecule has 2 fully saturated rings. The highest BCUT2D eigenvalue weighted by Gasteiger charge is 2.38. The molecule has 2 aliphatic heterocycles. The zero-order chi connectivity index (χ0) is 15.6. The molecule has 23 heavy (non-hydrogen) atoms. The Hall–Kier alpha value is -1.26. The maximum atomic E-state index is 12.7. The number of benzene rings is 1. The molecule has 1 spiro atoms. The average molecular weight is 339 g/mol. The van der Waals surface area contributed by atoms with Crippen molar-refractivity contribution in [3.63, 3.8) is 0 Å². The molecule has 0 radical (unpaired) electrons. The van der Waals surface area contributed by atoms with Crippen LogP contribution in [0.15, 0.2) is 18.2 Å². The number of nitrogens with one attached hydrogen (secondary N) is 1. The van der Waals surface area contributed by atoms with E-state index in [2.05, 4.69) is 5.32 Å². The lowest BCUT2D eigenvalue weighted by molar-refractivity contribution is 0.0607. The second kappa shape index (κ2) is 7.54. The minimum absolute atomic E-state index is 0. The van der Waals surface area contributed by atoms with Gasteiger partial charge in [-0.25, -0.2) is 0 Å². The molecule has 0 aliphatic carbocycles. The van der Waals surface area contributed by atoms with Gasteiger partial charge in [0.05, 0.1) is 6.61 Å². The number of ether oxygens (including phenoxy) is 1. The molecule has 5 heteroatoms. The second-order valence-corrected chi connectivity index (χ2v) is 6.63. The molecular weight excluding hydrogens is 312 g/mol. The first-order chi connectivity index (χ1) is 10.6. The molecule has 0 saturated carbocycles. The molecule has 2 heterocycles. The minimum atomic E-state index is 0. The highest BCUT2D eigenvalue weighted by molar-refractivity contribution is 5.94. The lowest BCUT2D eigenvalue weighted by Crippen LogP contribution is -2.44. The zero-order valence-corrected chi connectivity index (χ0v) is 14.9. The molecule has 128 valence electrons. The number of nitrogens with zero attached hydrogens (tertiary/aromatic N) is 1. The fourth-order valence-electron chi connectivity index (χ4n) is 3.63. The molecule has 1 N–H and O–H groups in total. The Labute approximate surface area is 145 Å². The van der Waals surface area contributed by atoms with E-state index in [1.807, 2.05) is 36.9 Å². The Morgan fingerprint density at radius 3 is 2.65 bits per heavy atom. The summed E-state index contributed by atoms with van der Waals surface area (Å²) < 4.78 is 5.61. The van der Waals surface area contributed by atoms with Gasteiger partial charge in [-0.1, -0.05) is 6.07 Å². The molecule has 1 amide bonds. The van der Waals surface area contributed by atoms with Crippen molar-refractivity contribution in [2.45, 2.75) is 33.1 Å². The van der Waals surface area contributed by atoms with Crippen LogP contribution in [0.25, 0.3) is 0 Å². The molecule has 0 bridgehead atoms. The number of rotatable bonds is 3. The van der Waals surface area contributed by atoms with Gasteiger partial charge in [0.2, 0.25) is 0 Å². The monoisotopic (exact) mass is 338 g/mol. The van der Waals surface area contributed by atoms with Crippen LogP contribution >= 0.6 is 12.4 Å². The summed E-state index contributed by atoms with van der Waals surface area (Å²) in [6, 6.07) is 5.79. The van der Waals surface area contributed by atoms with Crippen LogP contribution in [-0.2, 0) is 0 Å². The third-order valence-corrected chi connectivity index (χ3v) is 5.18. The Bertz CT molecular complexity index is 546. The minimum Gasteiger partial charge on any atom is -0.494 e. The standard InChI is InChI=1S/C18H26N2O2.ClH/c1-3-22-16-12-15(5-4-14(16)2)17(21)20-10-7-18(8-11-20)6-9-19-13-18;/h4-5,12,19H,3,6-11,13H2,1-2H3;1H. The van der Waals surface area contributed by atoms with E-state index >= 15 is 0 Å². The number of amides is 1. The second-order valence-electron chi connectivity index (χ2n) is 6.63. The average Bonchev–Trinajstić information content (AvgIpc) is 2.98. The predicted molar refractivity (Wildman–Crippen MR) is 94.7 cm³/mol. The molecule has 4 nitrogen and oxygen atoms in total. The van der Waals surface area contributed by atoms with E-state index in [4.69, 9.17) is 4.74 Å². The van der Waals surface area contributed by atoms with E-state index in [0.29, 0.717) is 12.0 Å². The summed E-state index contributed by atoms with van der Waals surface area (Å²) in [6.45, 7) is 8.59. The Balaban J connectivity index is 0.00000192. The van der Waals surface area contributed by atoms with E-state index < -0.39 is 0 Å². The molecule has 0 atom stereocenters. The highest BCUT2D eigenvalue weighted by Crippen LogP contribution is 2.37. The molecule has 0 aromatic heterocycles. The van der Waals surface area contributed by atoms with Crippen molar-refractivity contribution in [3.05, 3.63) is 29.3 Å². The van der Waals surface area contributed by atoms with Gasteiger partial charge in [0.1, 0.15) is 5.75 Å². The maximum absolute atomic E-state index is 12.7. The Morgan fingerprint density at radius 1 is 1.30 bits per heavy atom. The van der Waals surface area contributed by atoms with Crippen molar-refractivity contribution in [2.75, 3.05) is 32.8 Å². The summed E-state index contributed by atoms with van der Waals surface area (Å²) in [7, 11) is 0. The number of aryl methyl sites for hydroxylation is 1. The molecular formula is C18H27ClN2O2. The summed E-state index contributed by atoms with van der Waals surface area (Å²) in [5, 5.41) is 3.47. The largest absolute Gasteiger partial charge is 0.494 e. The predicted octanol–water partition coefficient (Wildman–Crippen LogP) is 3.03. The van der Waals surface area contributed by atoms with Crippen LogP contribution in [0.1, 0.15) is 42.1 Å². The van der Waals surface area contributed by atoms with Gasteiger partial charge in [0.25, 0.3) is 5.91 Å². The van der Waals surface area contributed by atoms with Gasteiger partial charge < -0.3 is 15.0 Å². The van der Waals surface area contributed by atoms with Gasteiger partial charge in [-0.05, 0) is 62.8 Å². The number of piperidine rings is 1. The third-order valence-electron chi connectivity index (χ3n) is 5.18. The summed E-state index contributed by atoms with van der Waals surface area (Å²) in [4.78, 5) is 14.7. The number of hydrogen-bond acceptors (Lipinski definition) is 3. The number of hydrogen-bond donors (Lipinski definition) is 1. The van der Waals surface area contributed by atoms with Gasteiger partial charge in [-0.3, -0.25) is 4.79 Å². The van der Waals surface area contributed by atoms with E-state index in [9.17, 15) is 4.79 Å². The van der Waals surface area contributed by atoms with Gasteiger partial charge >= 0.3 is 0 Å². The normalized spacial score (nSPS) is 19.5. The van der Waals surface area contributed by atoms with E-state index in [-0.39, 0.29) is 18.3 Å². The van der Waals surface area contributed by atoms with E-state index in [0.717, 1.165) is 55.9 Å². The van der Waals surface area contributed by atoms with Crippen molar-refractivity contribution >= 4 is 18.3 Å². The molecule has 0 unspecified atom stereocenters. The van der Waals surface area contributed by atoms with Gasteiger partial charge in [-0.15, -0.1) is 12.4 Å². The van der Waals surface area contributed by atoms with Crippen LogP contribution in [0.2, 0.25) is 0 Å². The summed E-state index contributed by atoms with van der Waals surface area (Å²) in [5.41, 5.74) is 2.27. The lowest BCUT2D eigenvalue weighted by Gasteiger charge is -2.39. The van der Waals surface area contributed by atoms with Gasteiger partial charge in [0.15, 0.2) is 0 Å². The third kappa shape index (κ3) is 3.81. The lowest BCUT2D eigenvalue weighted by atomic mass is 9.78. The first kappa shape index (κ1) is 18.1. The molecule has 2 aliphatic rings. The van der Waals surface area contributed by atoms with Crippen molar-refractivity contribution in [1.82, 2.24) is 10.2 Å². The first-order valence-corrected chi connectivity index (χ1v) is 8.37. The van der Waals surface area contributed by atoms with Crippen LogP contribution in [0.5, 0.6) is 5.75 Å². The summed E-state index contributed by atoms with van der Waals surface area (Å²) in [5.74, 6) is 0.962. The van der Waals surface area contributed by atoms with Gasteiger partial charge in [-0.2, -0.15) is 0 Å². The zero-order valence-electron chi connectivity index (χ0n) is 14.1. The molecule has 1 aromatic carbocycles. The fourth-order valence-corrected chi connectivity index (χ4v) is 3.63. The van der Waals surface area contributed by atoms with Crippen molar-refractivity contribution in [3.8, 4) is 5.75 Å². The maximum Gasteiger partial charge on any atom is 0.253 e. The fraction of sp³-hybridized carbons (Fsp3) is 0.611. The van der Waals surface area contributed by atoms with Crippen LogP contribution in [0.3, 0.4) is 0 Å². The van der Waals surface area contributed by atoms with Crippen LogP contribution < -0.4 is 10.1 Å². The van der Waals surface area contributed by atoms with Crippen LogP contribution in [-0.4, -0.2) is 43.6 Å². The van der Waals surface area contributed by atoms with Crippen molar-refractivity contribution in [2.24, 2.45) is 5.41 Å². The first-order valence-electron chi connectivity index (χ1n) is 8.37. The smallest absolute Gasteiger partial charge is 0.253 e. The molecule has 2 saturated heterocycles. The Morgan fingerprint density at radius 2 is 2.04 bits per heavy atom. The number of halogens is 1. The topological polar surface area (TPSA) is 41.6 Å². The number of likely N-dealkylation sites (tertiary alicyclic amines) is 1. The van der Waals surface area contributed by atoms with Crippen molar-refractivity contribution < 1.29 is 9.53 Å². The number of carbonyl (C=O) groups is 1. The SMILES string of the molecule is CCOc1cc(C(=O)N2CCC3(CCNC3)CC2)ccc1C.Cl. The van der Waals surface area contributed by atoms with Crippen molar-refractivity contribution in [1.29, 1.82) is 0 Å². The summed E-state index contributed by atoms with van der Waals surface area (Å²) >= 11 is 0.